The van der Waals surface area contributed by atoms with Crippen LogP contribution in [0.1, 0.15) is 69.7 Å². The van der Waals surface area contributed by atoms with Gasteiger partial charge in [0.1, 0.15) is 11.5 Å². The number of benzene rings is 5. The first-order valence-electron chi connectivity index (χ1n) is 17.6. The van der Waals surface area contributed by atoms with Crippen molar-refractivity contribution in [2.45, 2.75) is 52.4 Å². The average molecular weight is 667 g/mol. The van der Waals surface area contributed by atoms with E-state index in [9.17, 15) is 9.59 Å². The van der Waals surface area contributed by atoms with Crippen molar-refractivity contribution in [1.29, 1.82) is 0 Å². The van der Waals surface area contributed by atoms with Gasteiger partial charge in [0.25, 0.3) is 0 Å². The Morgan fingerprint density at radius 2 is 0.940 bits per heavy atom. The minimum atomic E-state index is -0.478. The highest BCUT2D eigenvalue weighted by molar-refractivity contribution is 6.11. The highest BCUT2D eigenvalue weighted by Gasteiger charge is 2.38. The maximum absolute atomic E-state index is 14.1. The second-order valence-electron chi connectivity index (χ2n) is 12.9. The van der Waals surface area contributed by atoms with Crippen molar-refractivity contribution < 1.29 is 28.5 Å². The first-order chi connectivity index (χ1) is 24.5. The third-order valence-electron chi connectivity index (χ3n) is 9.84. The summed E-state index contributed by atoms with van der Waals surface area (Å²) in [5, 5.41) is 0. The van der Waals surface area contributed by atoms with Crippen LogP contribution in [0.5, 0.6) is 11.5 Å². The van der Waals surface area contributed by atoms with E-state index in [4.69, 9.17) is 18.9 Å². The quantitative estimate of drug-likeness (QED) is 0.138. The summed E-state index contributed by atoms with van der Waals surface area (Å²) in [7, 11) is 3.39. The summed E-state index contributed by atoms with van der Waals surface area (Å²) in [4.78, 5) is 28.2. The summed E-state index contributed by atoms with van der Waals surface area (Å²) in [5.41, 5.74) is 12.7. The molecule has 7 rings (SSSR count). The van der Waals surface area contributed by atoms with E-state index in [0.29, 0.717) is 49.7 Å². The molecule has 6 heteroatoms. The third kappa shape index (κ3) is 5.83. The van der Waals surface area contributed by atoms with E-state index in [-0.39, 0.29) is 13.2 Å². The van der Waals surface area contributed by atoms with E-state index in [1.54, 1.807) is 14.2 Å². The van der Waals surface area contributed by atoms with Gasteiger partial charge >= 0.3 is 11.9 Å². The van der Waals surface area contributed by atoms with Gasteiger partial charge in [-0.2, -0.15) is 0 Å². The van der Waals surface area contributed by atoms with Gasteiger partial charge in [0.05, 0.1) is 38.6 Å². The van der Waals surface area contributed by atoms with Gasteiger partial charge in [-0.15, -0.1) is 0 Å². The maximum Gasteiger partial charge on any atom is 0.339 e. The number of methoxy groups -OCH3 is 2. The van der Waals surface area contributed by atoms with Crippen LogP contribution in [-0.4, -0.2) is 39.4 Å². The van der Waals surface area contributed by atoms with Crippen LogP contribution in [0.2, 0.25) is 0 Å². The molecule has 0 amide bonds. The Kier molecular flexibility index (Phi) is 9.44. The summed E-state index contributed by atoms with van der Waals surface area (Å²) in [6.45, 7) is 4.46. The van der Waals surface area contributed by atoms with Crippen molar-refractivity contribution >= 4 is 11.9 Å². The summed E-state index contributed by atoms with van der Waals surface area (Å²) in [6.07, 6.45) is 3.85. The molecule has 2 aliphatic rings. The molecule has 0 saturated carbocycles. The predicted molar refractivity (Wildman–Crippen MR) is 197 cm³/mol. The molecule has 5 aromatic rings. The number of aryl methyl sites for hydroxylation is 2. The number of carbonyl (C=O) groups is 2. The van der Waals surface area contributed by atoms with Gasteiger partial charge in [-0.3, -0.25) is 0 Å². The van der Waals surface area contributed by atoms with Crippen molar-refractivity contribution in [3.8, 4) is 56.0 Å². The minimum Gasteiger partial charge on any atom is -0.496 e. The van der Waals surface area contributed by atoms with Crippen molar-refractivity contribution in [3.05, 3.63) is 118 Å². The molecule has 0 N–H and O–H groups in total. The third-order valence-corrected chi connectivity index (χ3v) is 9.84. The minimum absolute atomic E-state index is 0.265. The Morgan fingerprint density at radius 1 is 0.540 bits per heavy atom. The Bertz CT molecular complexity index is 1930. The van der Waals surface area contributed by atoms with E-state index in [0.717, 1.165) is 78.3 Å². The fourth-order valence-corrected chi connectivity index (χ4v) is 7.60. The van der Waals surface area contributed by atoms with Crippen molar-refractivity contribution in [3.63, 3.8) is 0 Å². The molecule has 254 valence electrons. The molecule has 0 radical (unpaired) electrons. The lowest BCUT2D eigenvalue weighted by atomic mass is 9.71. The molecule has 2 aliphatic carbocycles. The number of hydrogen-bond donors (Lipinski definition) is 0. The number of fused-ring (bicyclic) bond motifs is 7. The second kappa shape index (κ2) is 14.2. The lowest BCUT2D eigenvalue weighted by Gasteiger charge is -2.33. The molecule has 0 bridgehead atoms. The zero-order valence-electron chi connectivity index (χ0n) is 29.2. The predicted octanol–water partition coefficient (Wildman–Crippen LogP) is 9.70. The molecule has 0 aliphatic heterocycles. The first kappa shape index (κ1) is 33.2. The largest absolute Gasteiger partial charge is 0.496 e. The van der Waals surface area contributed by atoms with Gasteiger partial charge in [-0.1, -0.05) is 74.5 Å². The lowest BCUT2D eigenvalue weighted by Crippen LogP contribution is -2.25. The second-order valence-corrected chi connectivity index (χ2v) is 12.9. The molecule has 0 heterocycles. The molecule has 0 aromatic heterocycles. The Hall–Kier alpha value is -5.36. The van der Waals surface area contributed by atoms with Gasteiger partial charge < -0.3 is 18.9 Å². The summed E-state index contributed by atoms with van der Waals surface area (Å²) in [5.74, 6) is 0.527. The SMILES string of the molecule is CCCOC(=O)c1c2c(c3c(c1C(=O)OCCC)CCc1cc(-c4ccccc4)c(OC)cc1-3)-c1cc(OC)c(-c3ccccc3)cc1CC2. The lowest BCUT2D eigenvalue weighted by molar-refractivity contribution is 0.0456. The van der Waals surface area contributed by atoms with Crippen LogP contribution in [-0.2, 0) is 35.2 Å². The number of carbonyl (C=O) groups excluding carboxylic acids is 2. The number of ether oxygens (including phenoxy) is 4. The molecule has 0 atom stereocenters. The molecule has 0 saturated heterocycles. The van der Waals surface area contributed by atoms with Gasteiger partial charge in [-0.25, -0.2) is 9.59 Å². The molecule has 50 heavy (non-hydrogen) atoms. The van der Waals surface area contributed by atoms with E-state index < -0.39 is 11.9 Å². The molecule has 5 aromatic carbocycles. The smallest absolute Gasteiger partial charge is 0.339 e. The van der Waals surface area contributed by atoms with Crippen LogP contribution in [0.4, 0.5) is 0 Å². The van der Waals surface area contributed by atoms with E-state index in [1.165, 1.54) is 0 Å². The molecule has 6 nitrogen and oxygen atoms in total. The number of esters is 2. The number of rotatable bonds is 10. The van der Waals surface area contributed by atoms with Crippen LogP contribution in [0, 0.1) is 0 Å². The molecule has 0 spiro atoms. The van der Waals surface area contributed by atoms with E-state index in [1.807, 2.05) is 50.2 Å². The molecular weight excluding hydrogens is 624 g/mol. The zero-order chi connectivity index (χ0) is 34.8. The Labute approximate surface area is 294 Å². The number of hydrogen-bond acceptors (Lipinski definition) is 6. The Balaban J connectivity index is 1.56. The van der Waals surface area contributed by atoms with Crippen molar-refractivity contribution in [2.75, 3.05) is 27.4 Å². The normalized spacial score (nSPS) is 12.6. The van der Waals surface area contributed by atoms with E-state index >= 15 is 0 Å². The van der Waals surface area contributed by atoms with Crippen LogP contribution < -0.4 is 9.47 Å². The van der Waals surface area contributed by atoms with Gasteiger partial charge in [-0.05, 0) is 118 Å². The first-order valence-corrected chi connectivity index (χ1v) is 17.6. The molecular formula is C44H42O6. The fourth-order valence-electron chi connectivity index (χ4n) is 7.60. The van der Waals surface area contributed by atoms with Crippen LogP contribution in [0.3, 0.4) is 0 Å². The van der Waals surface area contributed by atoms with E-state index in [2.05, 4.69) is 48.5 Å². The Morgan fingerprint density at radius 3 is 1.30 bits per heavy atom. The highest BCUT2D eigenvalue weighted by Crippen LogP contribution is 2.52. The highest BCUT2D eigenvalue weighted by atomic mass is 16.5. The zero-order valence-corrected chi connectivity index (χ0v) is 29.2. The topological polar surface area (TPSA) is 71.1 Å². The van der Waals surface area contributed by atoms with Crippen molar-refractivity contribution in [2.24, 2.45) is 0 Å². The monoisotopic (exact) mass is 666 g/mol. The summed E-state index contributed by atoms with van der Waals surface area (Å²) in [6, 6.07) is 29.1. The molecule has 0 unspecified atom stereocenters. The average Bonchev–Trinajstić information content (AvgIpc) is 3.17. The van der Waals surface area contributed by atoms with Gasteiger partial charge in [0.2, 0.25) is 0 Å². The maximum atomic E-state index is 14.1. The van der Waals surface area contributed by atoms with Crippen molar-refractivity contribution in [1.82, 2.24) is 0 Å². The summed E-state index contributed by atoms with van der Waals surface area (Å²) >= 11 is 0. The summed E-state index contributed by atoms with van der Waals surface area (Å²) < 4.78 is 23.7. The molecule has 0 fully saturated rings. The van der Waals surface area contributed by atoms with Gasteiger partial charge in [0.15, 0.2) is 0 Å². The standard InChI is InChI=1S/C44H42O6/c1-5-21-49-43(45)41-31-19-17-29-23-33(27-13-9-7-10-14-27)37(47-3)25-35(29)39(31)40-32(42(41)44(46)50-22-6-2)20-18-30-24-34(28-15-11-8-12-16-28)38(48-4)26-36(30)40/h7-16,23-26H,5-6,17-22H2,1-4H3. The van der Waals surface area contributed by atoms with Crippen LogP contribution >= 0.6 is 0 Å². The van der Waals surface area contributed by atoms with Crippen LogP contribution in [0.25, 0.3) is 44.5 Å². The van der Waals surface area contributed by atoms with Gasteiger partial charge in [0, 0.05) is 11.1 Å². The van der Waals surface area contributed by atoms with Crippen LogP contribution in [0.15, 0.2) is 84.9 Å². The fraction of sp³-hybridized carbons (Fsp3) is 0.273.